The van der Waals surface area contributed by atoms with E-state index in [1.807, 2.05) is 48.5 Å². The van der Waals surface area contributed by atoms with Gasteiger partial charge in [-0.05, 0) is 48.4 Å². The monoisotopic (exact) mass is 406 g/mol. The summed E-state index contributed by atoms with van der Waals surface area (Å²) in [5.41, 5.74) is 2.18. The number of carbonyl (C=O) groups is 1. The minimum atomic E-state index is -0.490. The molecule has 7 nitrogen and oxygen atoms in total. The Kier molecular flexibility index (Phi) is 6.32. The minimum absolute atomic E-state index is 0.0897. The van der Waals surface area contributed by atoms with E-state index >= 15 is 0 Å². The van der Waals surface area contributed by atoms with Gasteiger partial charge in [0.25, 0.3) is 11.6 Å². The quantitative estimate of drug-likeness (QED) is 0.463. The smallest absolute Gasteiger partial charge is 0.273 e. The van der Waals surface area contributed by atoms with E-state index in [1.165, 1.54) is 12.1 Å². The molecule has 1 N–H and O–H groups in total. The van der Waals surface area contributed by atoms with E-state index in [4.69, 9.17) is 9.47 Å². The summed E-state index contributed by atoms with van der Waals surface area (Å²) in [6, 6.07) is 18.8. The maximum Gasteiger partial charge on any atom is 0.273 e. The molecule has 0 aliphatic carbocycles. The molecule has 7 heteroatoms. The first-order valence-corrected chi connectivity index (χ1v) is 9.27. The molecule has 0 bridgehead atoms. The number of hydrogen-bond acceptors (Lipinski definition) is 5. The normalized spacial score (nSPS) is 10.5. The highest BCUT2D eigenvalue weighted by atomic mass is 16.6. The zero-order chi connectivity index (χ0) is 21.7. The third-order valence-corrected chi connectivity index (χ3v) is 4.92. The molecular formula is C23H22N2O5. The lowest BCUT2D eigenvalue weighted by Gasteiger charge is -2.21. The summed E-state index contributed by atoms with van der Waals surface area (Å²) in [5.74, 6) is 1.01. The zero-order valence-electron chi connectivity index (χ0n) is 16.9. The van der Waals surface area contributed by atoms with E-state index in [2.05, 4.69) is 5.32 Å². The van der Waals surface area contributed by atoms with Crippen molar-refractivity contribution in [1.82, 2.24) is 5.32 Å². The minimum Gasteiger partial charge on any atom is -0.497 e. The molecule has 3 rings (SSSR count). The highest BCUT2D eigenvalue weighted by Gasteiger charge is 2.22. The molecule has 0 heterocycles. The van der Waals surface area contributed by atoms with E-state index in [0.717, 1.165) is 11.1 Å². The number of ether oxygens (including phenoxy) is 2. The van der Waals surface area contributed by atoms with Gasteiger partial charge in [0, 0.05) is 17.2 Å². The summed E-state index contributed by atoms with van der Waals surface area (Å²) < 4.78 is 10.4. The summed E-state index contributed by atoms with van der Waals surface area (Å²) in [4.78, 5) is 23.8. The van der Waals surface area contributed by atoms with Crippen LogP contribution in [-0.2, 0) is 0 Å². The van der Waals surface area contributed by atoms with Crippen LogP contribution in [0, 0.1) is 17.0 Å². The van der Waals surface area contributed by atoms with Crippen molar-refractivity contribution in [3.05, 3.63) is 99.1 Å². The fourth-order valence-electron chi connectivity index (χ4n) is 3.23. The second kappa shape index (κ2) is 9.09. The first-order chi connectivity index (χ1) is 14.4. The summed E-state index contributed by atoms with van der Waals surface area (Å²) in [6.45, 7) is 1.57. The third-order valence-electron chi connectivity index (χ3n) is 4.92. The van der Waals surface area contributed by atoms with Crippen LogP contribution in [0.3, 0.4) is 0 Å². The molecule has 0 unspecified atom stereocenters. The predicted octanol–water partition coefficient (Wildman–Crippen LogP) is 4.44. The molecular weight excluding hydrogens is 384 g/mol. The number of methoxy groups -OCH3 is 2. The number of amides is 1. The van der Waals surface area contributed by atoms with Crippen molar-refractivity contribution in [3.63, 3.8) is 0 Å². The molecule has 0 aliphatic rings. The molecule has 0 fully saturated rings. The van der Waals surface area contributed by atoms with Crippen LogP contribution in [0.2, 0.25) is 0 Å². The van der Waals surface area contributed by atoms with Crippen molar-refractivity contribution in [1.29, 1.82) is 0 Å². The molecule has 154 valence electrons. The van der Waals surface area contributed by atoms with Gasteiger partial charge >= 0.3 is 0 Å². The predicted molar refractivity (Wildman–Crippen MR) is 113 cm³/mol. The first kappa shape index (κ1) is 20.9. The molecule has 0 radical (unpaired) electrons. The number of nitro benzene ring substituents is 1. The standard InChI is InChI=1S/C23H22N2O5/c1-15-20(5-4-6-21(15)25(27)28)23(26)24-22(16-7-11-18(29-2)12-8-16)17-9-13-19(30-3)14-10-17/h4-14,22H,1-3H3,(H,24,26). The second-order valence-electron chi connectivity index (χ2n) is 6.66. The fraction of sp³-hybridized carbons (Fsp3) is 0.174. The van der Waals surface area contributed by atoms with Crippen molar-refractivity contribution >= 4 is 11.6 Å². The Balaban J connectivity index is 1.98. The van der Waals surface area contributed by atoms with E-state index in [9.17, 15) is 14.9 Å². The van der Waals surface area contributed by atoms with Crippen molar-refractivity contribution in [3.8, 4) is 11.5 Å². The Labute approximate surface area is 174 Å². The van der Waals surface area contributed by atoms with Crippen LogP contribution in [0.25, 0.3) is 0 Å². The van der Waals surface area contributed by atoms with Gasteiger partial charge in [0.2, 0.25) is 0 Å². The Bertz CT molecular complexity index is 999. The number of nitrogens with one attached hydrogen (secondary N) is 1. The van der Waals surface area contributed by atoms with Gasteiger partial charge in [-0.2, -0.15) is 0 Å². The molecule has 0 saturated heterocycles. The fourth-order valence-corrected chi connectivity index (χ4v) is 3.23. The van der Waals surface area contributed by atoms with Gasteiger partial charge in [0.05, 0.1) is 25.2 Å². The van der Waals surface area contributed by atoms with Crippen molar-refractivity contribution in [2.75, 3.05) is 14.2 Å². The molecule has 0 aliphatic heterocycles. The lowest BCUT2D eigenvalue weighted by Crippen LogP contribution is -2.30. The molecule has 0 atom stereocenters. The number of nitro groups is 1. The van der Waals surface area contributed by atoms with Crippen LogP contribution >= 0.6 is 0 Å². The van der Waals surface area contributed by atoms with E-state index in [0.29, 0.717) is 17.1 Å². The SMILES string of the molecule is COc1ccc(C(NC(=O)c2cccc([N+](=O)[O-])c2C)c2ccc(OC)cc2)cc1. The molecule has 30 heavy (non-hydrogen) atoms. The number of hydrogen-bond donors (Lipinski definition) is 1. The number of benzene rings is 3. The lowest BCUT2D eigenvalue weighted by atomic mass is 9.97. The Morgan fingerprint density at radius 1 is 0.900 bits per heavy atom. The summed E-state index contributed by atoms with van der Waals surface area (Å²) in [5, 5.41) is 14.2. The topological polar surface area (TPSA) is 90.7 Å². The van der Waals surface area contributed by atoms with Crippen molar-refractivity contribution in [2.45, 2.75) is 13.0 Å². The molecule has 3 aromatic carbocycles. The lowest BCUT2D eigenvalue weighted by molar-refractivity contribution is -0.385. The maximum atomic E-state index is 13.1. The maximum absolute atomic E-state index is 13.1. The average Bonchev–Trinajstić information content (AvgIpc) is 2.77. The van der Waals surface area contributed by atoms with E-state index in [-0.39, 0.29) is 11.3 Å². The van der Waals surface area contributed by atoms with Gasteiger partial charge in [0.15, 0.2) is 0 Å². The molecule has 0 spiro atoms. The van der Waals surface area contributed by atoms with Crippen molar-refractivity contribution < 1.29 is 19.2 Å². The third kappa shape index (κ3) is 4.41. The Morgan fingerprint density at radius 3 is 1.83 bits per heavy atom. The van der Waals surface area contributed by atoms with Gasteiger partial charge in [-0.3, -0.25) is 14.9 Å². The van der Waals surface area contributed by atoms with Gasteiger partial charge < -0.3 is 14.8 Å². The molecule has 1 amide bonds. The van der Waals surface area contributed by atoms with Crippen LogP contribution in [0.1, 0.15) is 33.1 Å². The first-order valence-electron chi connectivity index (χ1n) is 9.27. The number of nitrogens with zero attached hydrogens (tertiary/aromatic N) is 1. The number of carbonyl (C=O) groups excluding carboxylic acids is 1. The summed E-state index contributed by atoms with van der Waals surface area (Å²) in [7, 11) is 3.17. The van der Waals surface area contributed by atoms with Gasteiger partial charge in [-0.15, -0.1) is 0 Å². The van der Waals surface area contributed by atoms with Crippen LogP contribution in [0.4, 0.5) is 5.69 Å². The van der Waals surface area contributed by atoms with Crippen LogP contribution < -0.4 is 14.8 Å². The summed E-state index contributed by atoms with van der Waals surface area (Å²) >= 11 is 0. The van der Waals surface area contributed by atoms with Crippen LogP contribution in [0.15, 0.2) is 66.7 Å². The Morgan fingerprint density at radius 2 is 1.40 bits per heavy atom. The summed E-state index contributed by atoms with van der Waals surface area (Å²) in [6.07, 6.45) is 0. The van der Waals surface area contributed by atoms with Crippen LogP contribution in [0.5, 0.6) is 11.5 Å². The number of rotatable bonds is 7. The zero-order valence-corrected chi connectivity index (χ0v) is 16.9. The molecule has 0 saturated carbocycles. The highest BCUT2D eigenvalue weighted by Crippen LogP contribution is 2.27. The van der Waals surface area contributed by atoms with Crippen molar-refractivity contribution in [2.24, 2.45) is 0 Å². The van der Waals surface area contributed by atoms with E-state index in [1.54, 1.807) is 27.2 Å². The van der Waals surface area contributed by atoms with Crippen LogP contribution in [-0.4, -0.2) is 25.1 Å². The molecule has 0 aromatic heterocycles. The average molecular weight is 406 g/mol. The van der Waals surface area contributed by atoms with Gasteiger partial charge in [-0.1, -0.05) is 30.3 Å². The van der Waals surface area contributed by atoms with Gasteiger partial charge in [0.1, 0.15) is 11.5 Å². The van der Waals surface area contributed by atoms with E-state index < -0.39 is 16.9 Å². The molecule has 3 aromatic rings. The van der Waals surface area contributed by atoms with Gasteiger partial charge in [-0.25, -0.2) is 0 Å². The highest BCUT2D eigenvalue weighted by molar-refractivity contribution is 5.97. The largest absolute Gasteiger partial charge is 0.497 e. The second-order valence-corrected chi connectivity index (χ2v) is 6.66. The Hall–Kier alpha value is -3.87.